The van der Waals surface area contributed by atoms with E-state index in [4.69, 9.17) is 4.74 Å². The maximum Gasteiger partial charge on any atom is 0.305 e. The van der Waals surface area contributed by atoms with E-state index in [0.29, 0.717) is 19.4 Å². The van der Waals surface area contributed by atoms with Crippen molar-refractivity contribution < 1.29 is 24.5 Å². The summed E-state index contributed by atoms with van der Waals surface area (Å²) in [5.41, 5.74) is 0. The molecule has 0 aromatic carbocycles. The van der Waals surface area contributed by atoms with E-state index in [2.05, 4.69) is 43.5 Å². The van der Waals surface area contributed by atoms with Gasteiger partial charge in [0.05, 0.1) is 25.4 Å². The molecule has 0 saturated carbocycles. The molecule has 6 nitrogen and oxygen atoms in total. The van der Waals surface area contributed by atoms with Crippen LogP contribution in [0.2, 0.25) is 0 Å². The largest absolute Gasteiger partial charge is 0.466 e. The van der Waals surface area contributed by atoms with Crippen LogP contribution in [0.4, 0.5) is 0 Å². The highest BCUT2D eigenvalue weighted by Crippen LogP contribution is 2.14. The fraction of sp³-hybridized carbons (Fsp3) is 0.833. The number of ether oxygens (including phenoxy) is 1. The summed E-state index contributed by atoms with van der Waals surface area (Å²) in [6, 6.07) is -0.646. The molecule has 1 amide bonds. The molecule has 0 aliphatic carbocycles. The van der Waals surface area contributed by atoms with Crippen LogP contribution >= 0.6 is 0 Å². The highest BCUT2D eigenvalue weighted by molar-refractivity contribution is 5.76. The van der Waals surface area contributed by atoms with Gasteiger partial charge in [-0.25, -0.2) is 0 Å². The fourth-order valence-electron chi connectivity index (χ4n) is 6.78. The topological polar surface area (TPSA) is 95.9 Å². The third-order valence-corrected chi connectivity index (χ3v) is 10.4. The third-order valence-electron chi connectivity index (χ3n) is 10.4. The van der Waals surface area contributed by atoms with E-state index in [1.807, 2.05) is 6.08 Å². The zero-order valence-corrected chi connectivity index (χ0v) is 35.7. The number of carbonyl (C=O) groups excluding carboxylic acids is 2. The van der Waals surface area contributed by atoms with E-state index in [9.17, 15) is 19.8 Å². The predicted octanol–water partition coefficient (Wildman–Crippen LogP) is 13.3. The zero-order chi connectivity index (χ0) is 39.4. The molecule has 0 bridgehead atoms. The van der Waals surface area contributed by atoms with Crippen molar-refractivity contribution in [2.45, 2.75) is 244 Å². The number of carbonyl (C=O) groups is 2. The van der Waals surface area contributed by atoms with Gasteiger partial charge in [0.25, 0.3) is 0 Å². The number of esters is 1. The van der Waals surface area contributed by atoms with E-state index in [1.54, 1.807) is 6.08 Å². The monoisotopic (exact) mass is 760 g/mol. The molecule has 0 saturated heterocycles. The first-order valence-electron chi connectivity index (χ1n) is 23.3. The SMILES string of the molecule is CCCCC/C=C\C/C=C\CCCCCCCCCCCC(=O)OCCCCCCCCCCCC(=O)NC(CO)C(O)/C=C/CCCCCCCCC. The van der Waals surface area contributed by atoms with Gasteiger partial charge in [0.1, 0.15) is 0 Å². The Bertz CT molecular complexity index is 884. The van der Waals surface area contributed by atoms with Crippen molar-refractivity contribution in [1.82, 2.24) is 5.32 Å². The highest BCUT2D eigenvalue weighted by atomic mass is 16.5. The summed E-state index contributed by atoms with van der Waals surface area (Å²) >= 11 is 0. The van der Waals surface area contributed by atoms with Crippen LogP contribution in [0.15, 0.2) is 36.5 Å². The lowest BCUT2D eigenvalue weighted by molar-refractivity contribution is -0.143. The first-order chi connectivity index (χ1) is 26.5. The molecule has 316 valence electrons. The summed E-state index contributed by atoms with van der Waals surface area (Å²) in [7, 11) is 0. The molecule has 0 heterocycles. The van der Waals surface area contributed by atoms with E-state index in [1.165, 1.54) is 141 Å². The number of allylic oxidation sites excluding steroid dienone is 5. The minimum absolute atomic E-state index is 0.0327. The Labute approximate surface area is 334 Å². The van der Waals surface area contributed by atoms with Gasteiger partial charge < -0.3 is 20.3 Å². The van der Waals surface area contributed by atoms with Gasteiger partial charge in [0.15, 0.2) is 0 Å². The Balaban J connectivity index is 3.49. The lowest BCUT2D eigenvalue weighted by Crippen LogP contribution is -2.45. The van der Waals surface area contributed by atoms with E-state index >= 15 is 0 Å². The Morgan fingerprint density at radius 2 is 0.926 bits per heavy atom. The van der Waals surface area contributed by atoms with Gasteiger partial charge in [-0.15, -0.1) is 0 Å². The number of rotatable bonds is 42. The second-order valence-corrected chi connectivity index (χ2v) is 15.7. The Hall–Kier alpha value is -1.92. The van der Waals surface area contributed by atoms with Crippen LogP contribution in [0.3, 0.4) is 0 Å². The summed E-state index contributed by atoms with van der Waals surface area (Å²) in [6.07, 6.45) is 51.4. The first kappa shape index (κ1) is 52.1. The lowest BCUT2D eigenvalue weighted by atomic mass is 10.1. The van der Waals surface area contributed by atoms with Crippen molar-refractivity contribution in [3.8, 4) is 0 Å². The number of unbranched alkanes of at least 4 members (excludes halogenated alkanes) is 27. The minimum atomic E-state index is -0.860. The van der Waals surface area contributed by atoms with E-state index in [-0.39, 0.29) is 18.5 Å². The summed E-state index contributed by atoms with van der Waals surface area (Å²) in [6.45, 7) is 4.77. The normalized spacial score (nSPS) is 13.0. The molecule has 6 heteroatoms. The molecule has 0 aromatic heterocycles. The summed E-state index contributed by atoms with van der Waals surface area (Å²) in [4.78, 5) is 24.4. The molecule has 0 rings (SSSR count). The van der Waals surface area contributed by atoms with Gasteiger partial charge in [-0.2, -0.15) is 0 Å². The van der Waals surface area contributed by atoms with Crippen LogP contribution in [-0.2, 0) is 14.3 Å². The number of hydrogen-bond donors (Lipinski definition) is 3. The van der Waals surface area contributed by atoms with Gasteiger partial charge >= 0.3 is 5.97 Å². The van der Waals surface area contributed by atoms with Gasteiger partial charge in [-0.3, -0.25) is 9.59 Å². The molecule has 0 fully saturated rings. The van der Waals surface area contributed by atoms with Crippen LogP contribution in [0, 0.1) is 0 Å². The molecule has 54 heavy (non-hydrogen) atoms. The smallest absolute Gasteiger partial charge is 0.305 e. The number of amides is 1. The first-order valence-corrected chi connectivity index (χ1v) is 23.3. The Morgan fingerprint density at radius 3 is 1.44 bits per heavy atom. The average molecular weight is 760 g/mol. The van der Waals surface area contributed by atoms with Crippen LogP contribution in [0.5, 0.6) is 0 Å². The van der Waals surface area contributed by atoms with Crippen molar-refractivity contribution in [2.75, 3.05) is 13.2 Å². The molecule has 2 atom stereocenters. The quantitative estimate of drug-likeness (QED) is 0.0327. The minimum Gasteiger partial charge on any atom is -0.466 e. The van der Waals surface area contributed by atoms with E-state index < -0.39 is 12.1 Å². The summed E-state index contributed by atoms with van der Waals surface area (Å²) < 4.78 is 5.45. The van der Waals surface area contributed by atoms with Crippen molar-refractivity contribution in [1.29, 1.82) is 0 Å². The van der Waals surface area contributed by atoms with Crippen molar-refractivity contribution in [2.24, 2.45) is 0 Å². The summed E-state index contributed by atoms with van der Waals surface area (Å²) in [5, 5.41) is 22.8. The van der Waals surface area contributed by atoms with Crippen LogP contribution in [0.1, 0.15) is 232 Å². The molecule has 2 unspecified atom stereocenters. The van der Waals surface area contributed by atoms with Crippen LogP contribution in [-0.4, -0.2) is 47.4 Å². The number of aliphatic hydroxyl groups excluding tert-OH is 2. The summed E-state index contributed by atoms with van der Waals surface area (Å²) in [5.74, 6) is -0.133. The molecule has 0 aromatic rings. The van der Waals surface area contributed by atoms with Crippen molar-refractivity contribution in [3.05, 3.63) is 36.5 Å². The van der Waals surface area contributed by atoms with Gasteiger partial charge in [0, 0.05) is 12.8 Å². The average Bonchev–Trinajstić information content (AvgIpc) is 3.17. The number of nitrogens with one attached hydrogen (secondary N) is 1. The maximum absolute atomic E-state index is 12.3. The van der Waals surface area contributed by atoms with Crippen molar-refractivity contribution >= 4 is 11.9 Å². The molecular weight excluding hydrogens is 671 g/mol. The Kier molecular flexibility index (Phi) is 42.2. The number of hydrogen-bond acceptors (Lipinski definition) is 5. The molecule has 0 spiro atoms. The second kappa shape index (κ2) is 43.8. The van der Waals surface area contributed by atoms with Crippen LogP contribution < -0.4 is 5.32 Å². The molecular formula is C48H89NO5. The highest BCUT2D eigenvalue weighted by Gasteiger charge is 2.18. The molecule has 0 radical (unpaired) electrons. The molecule has 0 aliphatic rings. The number of aliphatic hydroxyl groups is 2. The predicted molar refractivity (Wildman–Crippen MR) is 232 cm³/mol. The van der Waals surface area contributed by atoms with Crippen molar-refractivity contribution in [3.63, 3.8) is 0 Å². The lowest BCUT2D eigenvalue weighted by Gasteiger charge is -2.20. The molecule has 0 aliphatic heterocycles. The van der Waals surface area contributed by atoms with Gasteiger partial charge in [-0.05, 0) is 64.2 Å². The third kappa shape index (κ3) is 39.8. The fourth-order valence-corrected chi connectivity index (χ4v) is 6.78. The standard InChI is InChI=1S/C48H89NO5/c1-3-5-7-9-11-13-14-15-16-17-18-19-20-21-22-26-30-34-38-42-48(53)54-43-39-35-31-27-23-25-29-33-37-41-47(52)49-45(44-50)46(51)40-36-32-28-24-12-10-8-6-4-2/h11,13,15-16,36,40,45-46,50-51H,3-10,12,14,17-35,37-39,41-44H2,1-2H3,(H,49,52)/b13-11-,16-15-,40-36+. The Morgan fingerprint density at radius 1 is 0.519 bits per heavy atom. The van der Waals surface area contributed by atoms with Crippen LogP contribution in [0.25, 0.3) is 0 Å². The zero-order valence-electron chi connectivity index (χ0n) is 35.7. The second-order valence-electron chi connectivity index (χ2n) is 15.7. The molecule has 3 N–H and O–H groups in total. The maximum atomic E-state index is 12.3. The van der Waals surface area contributed by atoms with E-state index in [0.717, 1.165) is 64.2 Å². The van der Waals surface area contributed by atoms with Gasteiger partial charge in [-0.1, -0.05) is 192 Å². The van der Waals surface area contributed by atoms with Gasteiger partial charge in [0.2, 0.25) is 5.91 Å².